The van der Waals surface area contributed by atoms with Gasteiger partial charge < -0.3 is 71.4 Å². The van der Waals surface area contributed by atoms with E-state index in [-0.39, 0.29) is 159 Å². The van der Waals surface area contributed by atoms with Crippen LogP contribution in [0.2, 0.25) is 0 Å². The van der Waals surface area contributed by atoms with Gasteiger partial charge in [-0.15, -0.1) is 0 Å². The molecule has 35 heteroatoms. The number of rotatable bonds is 26. The summed E-state index contributed by atoms with van der Waals surface area (Å²) >= 11 is 0. The van der Waals surface area contributed by atoms with Crippen LogP contribution in [-0.2, 0) is 152 Å². The molecule has 119 heavy (non-hydrogen) atoms. The zero-order chi connectivity index (χ0) is 87.1. The van der Waals surface area contributed by atoms with Crippen molar-refractivity contribution < 1.29 is 154 Å². The lowest BCUT2D eigenvalue weighted by Gasteiger charge is -2.59. The molecule has 0 aromatic rings. The molecule has 0 spiro atoms. The third-order valence-corrected chi connectivity index (χ3v) is 29.7. The van der Waals surface area contributed by atoms with Gasteiger partial charge >= 0.3 is 71.6 Å². The fraction of sp³-hybridized carbons (Fsp3) is 0.762. The van der Waals surface area contributed by atoms with Gasteiger partial charge in [-0.25, -0.2) is 19.2 Å². The molecule has 0 aromatic heterocycles. The van der Waals surface area contributed by atoms with Crippen molar-refractivity contribution >= 4 is 91.9 Å². The largest absolute Gasteiger partial charge is 0.462 e. The molecule has 9 aliphatic carbocycles. The van der Waals surface area contributed by atoms with Crippen molar-refractivity contribution in [3.63, 3.8) is 0 Å². The number of esters is 12. The van der Waals surface area contributed by atoms with Crippen LogP contribution in [-0.4, -0.2) is 221 Å². The Morgan fingerprint density at radius 1 is 0.462 bits per heavy atom. The average Bonchev–Trinajstić information content (AvgIpc) is 1.69. The Morgan fingerprint density at radius 2 is 0.866 bits per heavy atom. The standard InChI is InChI=1S/C19H28O9S.C17H22O9S.C14H20O3.C13H18O5.C11H12O5.C10H16O2/c1-4-19(2,3)18(22)26-8-7-25-14(20)5-6-15(21)27-16-11-9-12-13(10-11)29(23,24)28-17(12)16;1-9(2)17(20)24-6-5-23-13(18)3-4-14(19)25-15-10-7-11-12(8-10)27(21,22)26-16(11)15;1-9(2)12(15)17-14-6-10-3-11(7-14)5-13(16,4-10)8-14;1-4-13(2,3)12(15)18-9-7-5-6-8(16-7)10(9)17-11(6)14;1-4(2)10(12)15-8-6-3-5-7(14-6)9(8)16-11(5)13;1-8(2)9(11)12-10(3)6-4-5-7-10/h11-13,16-17H,4-10H2,1-3H3;10-12,15-16H,1,3-8H2,2H3;10-11,16H,1,3-8H2,2H3;6-10H,4-5H2,1-3H3;5-9H,1,3H2,2H3;1,4-7H2,2-3H3. The van der Waals surface area contributed by atoms with E-state index in [0.717, 1.165) is 38.5 Å². The van der Waals surface area contributed by atoms with E-state index in [4.69, 9.17) is 74.7 Å². The van der Waals surface area contributed by atoms with Crippen molar-refractivity contribution in [2.75, 3.05) is 26.4 Å². The Morgan fingerprint density at radius 3 is 1.29 bits per heavy atom. The minimum absolute atomic E-state index is 0.00904. The van der Waals surface area contributed by atoms with E-state index in [2.05, 4.69) is 26.3 Å². The molecule has 17 rings (SSSR count). The van der Waals surface area contributed by atoms with E-state index in [1.165, 1.54) is 26.2 Å². The molecule has 8 saturated heterocycles. The van der Waals surface area contributed by atoms with E-state index >= 15 is 0 Å². The summed E-state index contributed by atoms with van der Waals surface area (Å²) < 4.78 is 132. The molecular formula is C84H116O33S2. The van der Waals surface area contributed by atoms with Crippen molar-refractivity contribution in [1.29, 1.82) is 0 Å². The van der Waals surface area contributed by atoms with Crippen molar-refractivity contribution in [3.8, 4) is 0 Å². The number of carbonyl (C=O) groups is 12. The monoisotopic (exact) mass is 1720 g/mol. The molecule has 8 aliphatic heterocycles. The zero-order valence-electron chi connectivity index (χ0n) is 69.7. The van der Waals surface area contributed by atoms with Gasteiger partial charge in [0, 0.05) is 52.4 Å². The zero-order valence-corrected chi connectivity index (χ0v) is 71.4. The highest BCUT2D eigenvalue weighted by atomic mass is 32.2. The first-order valence-corrected chi connectivity index (χ1v) is 44.5. The normalized spacial score (nSPS) is 35.8. The van der Waals surface area contributed by atoms with E-state index < -0.39 is 137 Å². The lowest BCUT2D eigenvalue weighted by molar-refractivity contribution is -0.217. The molecule has 662 valence electrons. The van der Waals surface area contributed by atoms with Gasteiger partial charge in [0.05, 0.1) is 76.7 Å². The van der Waals surface area contributed by atoms with Crippen LogP contribution in [0, 0.1) is 58.2 Å². The third-order valence-electron chi connectivity index (χ3n) is 26.2. The van der Waals surface area contributed by atoms with Gasteiger partial charge in [0.2, 0.25) is 0 Å². The summed E-state index contributed by atoms with van der Waals surface area (Å²) in [7, 11) is -7.11. The van der Waals surface area contributed by atoms with E-state index in [9.17, 15) is 79.5 Å². The summed E-state index contributed by atoms with van der Waals surface area (Å²) in [4.78, 5) is 140. The van der Waals surface area contributed by atoms with Crippen molar-refractivity contribution in [2.24, 2.45) is 58.2 Å². The molecule has 17 aliphatic rings. The van der Waals surface area contributed by atoms with Crippen LogP contribution in [0.15, 0.2) is 48.6 Å². The highest BCUT2D eigenvalue weighted by Crippen LogP contribution is 2.60. The molecule has 8 heterocycles. The fourth-order valence-electron chi connectivity index (χ4n) is 19.6. The maximum absolute atomic E-state index is 12.1. The van der Waals surface area contributed by atoms with Gasteiger partial charge in [-0.3, -0.25) is 46.7 Å². The maximum Gasteiger partial charge on any atom is 0.333 e. The lowest BCUT2D eigenvalue weighted by atomic mass is 9.52. The summed E-state index contributed by atoms with van der Waals surface area (Å²) in [6.07, 6.45) is 9.11. The number of fused-ring (bicyclic) bond motifs is 4. The molecule has 0 radical (unpaired) electrons. The third kappa shape index (κ3) is 20.8. The van der Waals surface area contributed by atoms with Crippen molar-refractivity contribution in [3.05, 3.63) is 48.6 Å². The quantitative estimate of drug-likeness (QED) is 0.0285. The Hall–Kier alpha value is -7.70. The second kappa shape index (κ2) is 36.4. The number of ether oxygens (including phenoxy) is 14. The Kier molecular flexibility index (Phi) is 28.1. The Bertz CT molecular complexity index is 4210. The summed E-state index contributed by atoms with van der Waals surface area (Å²) in [6, 6.07) is 0. The molecule has 22 atom stereocenters. The predicted octanol–water partition coefficient (Wildman–Crippen LogP) is 7.68. The summed E-state index contributed by atoms with van der Waals surface area (Å²) in [5, 5.41) is 9.56. The highest BCUT2D eigenvalue weighted by Gasteiger charge is 2.69. The molecule has 33 nitrogen and oxygen atoms in total. The second-order valence-electron chi connectivity index (χ2n) is 36.5. The molecule has 22 unspecified atom stereocenters. The number of hydrogen-bond acceptors (Lipinski definition) is 33. The van der Waals surface area contributed by atoms with Crippen LogP contribution in [0.4, 0.5) is 0 Å². The minimum atomic E-state index is -3.56. The topological polar surface area (TPSA) is 441 Å². The van der Waals surface area contributed by atoms with Gasteiger partial charge in [0.1, 0.15) is 74.3 Å². The van der Waals surface area contributed by atoms with Crippen LogP contribution >= 0.6 is 0 Å². The molecular weight excluding hydrogens is 1600 g/mol. The smallest absolute Gasteiger partial charge is 0.333 e. The maximum atomic E-state index is 12.1. The minimum Gasteiger partial charge on any atom is -0.462 e. The van der Waals surface area contributed by atoms with Gasteiger partial charge in [-0.2, -0.15) is 16.8 Å². The lowest BCUT2D eigenvalue weighted by Crippen LogP contribution is -2.60. The molecule has 1 N–H and O–H groups in total. The van der Waals surface area contributed by atoms with Crippen LogP contribution in [0.3, 0.4) is 0 Å². The van der Waals surface area contributed by atoms with Gasteiger partial charge in [-0.05, 0) is 183 Å². The molecule has 17 fully saturated rings. The van der Waals surface area contributed by atoms with E-state index in [0.29, 0.717) is 86.3 Å². The van der Waals surface area contributed by atoms with Crippen LogP contribution in [0.25, 0.3) is 0 Å². The number of carbonyl (C=O) groups excluding carboxylic acids is 12. The first-order valence-electron chi connectivity index (χ1n) is 41.5. The molecule has 12 bridgehead atoms. The average molecular weight is 1720 g/mol. The van der Waals surface area contributed by atoms with Crippen LogP contribution < -0.4 is 0 Å². The SMILES string of the molecule is C=C(C)C(=O)OC1(C)CCCC1.C=C(C)C(=O)OC12CC3CC(CC(O)(C3)C1)C2.C=C(C)C(=O)OC1C2CC3C(=O)OC1C3O2.C=C(C)C(=O)OCCOC(=O)CCC(=O)OC1C2CC3C1OS(=O)(=O)C3C2.CCC(C)(C)C(=O)OC1C2CC3C(=O)OC1C3O2.CCC(C)(C)C(=O)OCCOC(=O)CCC(=O)OC1C2CC3C1OS(=O)(=O)C3C2. The predicted molar refractivity (Wildman–Crippen MR) is 412 cm³/mol. The molecule has 0 amide bonds. The fourth-order valence-corrected chi connectivity index (χ4v) is 23.4. The Labute approximate surface area is 693 Å². The number of hydrogen-bond donors (Lipinski definition) is 1. The molecule has 9 saturated carbocycles. The Balaban J connectivity index is 0.000000143. The van der Waals surface area contributed by atoms with Crippen LogP contribution in [0.5, 0.6) is 0 Å². The first-order chi connectivity index (χ1) is 55.7. The number of aliphatic hydroxyl groups is 1. The van der Waals surface area contributed by atoms with Crippen molar-refractivity contribution in [1.82, 2.24) is 0 Å². The highest BCUT2D eigenvalue weighted by molar-refractivity contribution is 7.88. The summed E-state index contributed by atoms with van der Waals surface area (Å²) in [5.41, 5.74) is -0.751. The van der Waals surface area contributed by atoms with Gasteiger partial charge in [-0.1, -0.05) is 40.2 Å². The van der Waals surface area contributed by atoms with E-state index in [1.807, 2.05) is 34.6 Å². The second-order valence-corrected chi connectivity index (χ2v) is 40.1. The van der Waals surface area contributed by atoms with Gasteiger partial charge in [0.15, 0.2) is 24.4 Å². The summed E-state index contributed by atoms with van der Waals surface area (Å²) in [5.74, 6) is -4.46. The first kappa shape index (κ1) is 92.0. The van der Waals surface area contributed by atoms with Crippen molar-refractivity contribution in [2.45, 2.75) is 318 Å². The van der Waals surface area contributed by atoms with Crippen LogP contribution in [0.1, 0.15) is 217 Å². The van der Waals surface area contributed by atoms with Gasteiger partial charge in [0.25, 0.3) is 20.2 Å². The van der Waals surface area contributed by atoms with E-state index in [1.54, 1.807) is 34.6 Å². The summed E-state index contributed by atoms with van der Waals surface area (Å²) in [6.45, 7) is 33.3. The molecule has 0 aromatic carbocycles.